The van der Waals surface area contributed by atoms with E-state index in [-0.39, 0.29) is 0 Å². The second-order valence-electron chi connectivity index (χ2n) is 2.60. The molecule has 0 spiro atoms. The Labute approximate surface area is 74.4 Å². The van der Waals surface area contributed by atoms with E-state index in [0.717, 1.165) is 26.1 Å². The van der Waals surface area contributed by atoms with Crippen molar-refractivity contribution in [2.24, 2.45) is 5.18 Å². The second-order valence-corrected chi connectivity index (χ2v) is 2.60. The largest absolute Gasteiger partial charge is 0.304 e. The van der Waals surface area contributed by atoms with Crippen molar-refractivity contribution in [2.75, 3.05) is 26.2 Å². The highest BCUT2D eigenvalue weighted by Crippen LogP contribution is 1.91. The van der Waals surface area contributed by atoms with Crippen LogP contribution in [-0.2, 0) is 0 Å². The van der Waals surface area contributed by atoms with Crippen molar-refractivity contribution >= 4 is 0 Å². The van der Waals surface area contributed by atoms with E-state index in [2.05, 4.69) is 23.9 Å². The molecule has 0 fully saturated rings. The zero-order chi connectivity index (χ0) is 9.23. The van der Waals surface area contributed by atoms with Crippen LogP contribution in [0.25, 0.3) is 0 Å². The zero-order valence-corrected chi connectivity index (χ0v) is 7.99. The highest BCUT2D eigenvalue weighted by molar-refractivity contribution is 4.84. The number of rotatable bonds is 7. The van der Waals surface area contributed by atoms with Crippen molar-refractivity contribution < 1.29 is 0 Å². The van der Waals surface area contributed by atoms with Crippen LogP contribution >= 0.6 is 0 Å². The lowest BCUT2D eigenvalue weighted by Crippen LogP contribution is -2.23. The molecular weight excluding hydrogens is 152 g/mol. The summed E-state index contributed by atoms with van der Waals surface area (Å²) in [6.07, 6.45) is 4.84. The fourth-order valence-electron chi connectivity index (χ4n) is 1.03. The van der Waals surface area contributed by atoms with Gasteiger partial charge in [0.15, 0.2) is 0 Å². The molecule has 0 aromatic rings. The Bertz CT molecular complexity index is 130. The summed E-state index contributed by atoms with van der Waals surface area (Å²) in [5, 5.41) is 2.74. The van der Waals surface area contributed by atoms with Gasteiger partial charge in [0.2, 0.25) is 0 Å². The SMILES string of the molecule is CCN(CC)CC/C=C\CN=O. The molecular formula is C9H18N2O. The first-order valence-corrected chi connectivity index (χ1v) is 4.51. The molecule has 0 radical (unpaired) electrons. The Hall–Kier alpha value is -0.700. The molecule has 0 rings (SSSR count). The predicted octanol–water partition coefficient (Wildman–Crippen LogP) is 2.04. The van der Waals surface area contributed by atoms with Crippen molar-refractivity contribution in [3.05, 3.63) is 17.1 Å². The monoisotopic (exact) mass is 170 g/mol. The van der Waals surface area contributed by atoms with Gasteiger partial charge in [-0.2, -0.15) is 4.91 Å². The molecule has 0 atom stereocenters. The van der Waals surface area contributed by atoms with E-state index < -0.39 is 0 Å². The number of hydrogen-bond donors (Lipinski definition) is 0. The van der Waals surface area contributed by atoms with Crippen molar-refractivity contribution in [3.63, 3.8) is 0 Å². The lowest BCUT2D eigenvalue weighted by atomic mass is 10.3. The number of nitrogens with zero attached hydrogens (tertiary/aromatic N) is 2. The Morgan fingerprint density at radius 2 is 1.92 bits per heavy atom. The molecule has 0 unspecified atom stereocenters. The van der Waals surface area contributed by atoms with Crippen molar-refractivity contribution in [1.82, 2.24) is 4.90 Å². The topological polar surface area (TPSA) is 32.7 Å². The van der Waals surface area contributed by atoms with Gasteiger partial charge >= 0.3 is 0 Å². The van der Waals surface area contributed by atoms with Gasteiger partial charge in [0, 0.05) is 6.54 Å². The summed E-state index contributed by atoms with van der Waals surface area (Å²) in [6.45, 7) is 7.87. The van der Waals surface area contributed by atoms with Crippen LogP contribution in [-0.4, -0.2) is 31.1 Å². The average molecular weight is 170 g/mol. The molecule has 0 aromatic heterocycles. The van der Waals surface area contributed by atoms with Crippen molar-refractivity contribution in [3.8, 4) is 0 Å². The molecule has 0 bridgehead atoms. The quantitative estimate of drug-likeness (QED) is 0.432. The van der Waals surface area contributed by atoms with Gasteiger partial charge in [-0.15, -0.1) is 0 Å². The van der Waals surface area contributed by atoms with Gasteiger partial charge in [0.25, 0.3) is 0 Å². The molecule has 0 saturated carbocycles. The predicted molar refractivity (Wildman–Crippen MR) is 52.2 cm³/mol. The maximum Gasteiger partial charge on any atom is 0.0992 e. The highest BCUT2D eigenvalue weighted by atomic mass is 16.3. The number of nitroso groups, excluding NO2 is 1. The third-order valence-electron chi connectivity index (χ3n) is 1.85. The van der Waals surface area contributed by atoms with E-state index >= 15 is 0 Å². The van der Waals surface area contributed by atoms with E-state index in [1.165, 1.54) is 0 Å². The van der Waals surface area contributed by atoms with Crippen LogP contribution in [0, 0.1) is 4.91 Å². The molecule has 0 aliphatic heterocycles. The van der Waals surface area contributed by atoms with E-state index in [9.17, 15) is 4.91 Å². The van der Waals surface area contributed by atoms with Crippen LogP contribution in [0.1, 0.15) is 20.3 Å². The summed E-state index contributed by atoms with van der Waals surface area (Å²) in [5.41, 5.74) is 0. The molecule has 3 heteroatoms. The fourth-order valence-corrected chi connectivity index (χ4v) is 1.03. The summed E-state index contributed by atoms with van der Waals surface area (Å²) in [5.74, 6) is 0. The Morgan fingerprint density at radius 3 is 2.42 bits per heavy atom. The first kappa shape index (κ1) is 11.3. The van der Waals surface area contributed by atoms with Crippen LogP contribution in [0.15, 0.2) is 17.3 Å². The summed E-state index contributed by atoms with van der Waals surface area (Å²) in [4.78, 5) is 12.0. The van der Waals surface area contributed by atoms with Crippen LogP contribution < -0.4 is 0 Å². The summed E-state index contributed by atoms with van der Waals surface area (Å²) in [6, 6.07) is 0. The summed E-state index contributed by atoms with van der Waals surface area (Å²) < 4.78 is 0. The molecule has 0 aliphatic carbocycles. The minimum atomic E-state index is 0.304. The Balaban J connectivity index is 3.33. The molecule has 0 aromatic carbocycles. The van der Waals surface area contributed by atoms with Gasteiger partial charge < -0.3 is 4.90 Å². The third kappa shape index (κ3) is 6.04. The standard InChI is InChI=1S/C9H18N2O/c1-3-11(4-2)9-7-5-6-8-10-12/h5-6H,3-4,7-9H2,1-2H3/b6-5-. The number of hydrogen-bond acceptors (Lipinski definition) is 3. The maximum absolute atomic E-state index is 9.70. The van der Waals surface area contributed by atoms with Gasteiger partial charge in [-0.25, -0.2) is 0 Å². The second kappa shape index (κ2) is 8.40. The highest BCUT2D eigenvalue weighted by Gasteiger charge is 1.94. The molecule has 70 valence electrons. The van der Waals surface area contributed by atoms with Gasteiger partial charge in [0.1, 0.15) is 0 Å². The fraction of sp³-hybridized carbons (Fsp3) is 0.778. The molecule has 0 saturated heterocycles. The van der Waals surface area contributed by atoms with E-state index in [1.807, 2.05) is 12.2 Å². The van der Waals surface area contributed by atoms with Crippen LogP contribution in [0.2, 0.25) is 0 Å². The molecule has 12 heavy (non-hydrogen) atoms. The van der Waals surface area contributed by atoms with Gasteiger partial charge in [-0.1, -0.05) is 31.2 Å². The van der Waals surface area contributed by atoms with Gasteiger partial charge in [-0.3, -0.25) is 0 Å². The van der Waals surface area contributed by atoms with E-state index in [0.29, 0.717) is 6.54 Å². The summed E-state index contributed by atoms with van der Waals surface area (Å²) in [7, 11) is 0. The third-order valence-corrected chi connectivity index (χ3v) is 1.85. The maximum atomic E-state index is 9.70. The Morgan fingerprint density at radius 1 is 1.25 bits per heavy atom. The van der Waals surface area contributed by atoms with Crippen molar-refractivity contribution in [1.29, 1.82) is 0 Å². The van der Waals surface area contributed by atoms with Crippen LogP contribution in [0.5, 0.6) is 0 Å². The molecule has 0 amide bonds. The summed E-state index contributed by atoms with van der Waals surface area (Å²) >= 11 is 0. The van der Waals surface area contributed by atoms with E-state index in [4.69, 9.17) is 0 Å². The first-order valence-electron chi connectivity index (χ1n) is 4.51. The first-order chi connectivity index (χ1) is 5.85. The van der Waals surface area contributed by atoms with Crippen LogP contribution in [0.3, 0.4) is 0 Å². The van der Waals surface area contributed by atoms with Crippen molar-refractivity contribution in [2.45, 2.75) is 20.3 Å². The van der Waals surface area contributed by atoms with Gasteiger partial charge in [0.05, 0.1) is 6.54 Å². The minimum Gasteiger partial charge on any atom is -0.304 e. The normalized spacial score (nSPS) is 11.2. The van der Waals surface area contributed by atoms with Gasteiger partial charge in [-0.05, 0) is 19.5 Å². The minimum absolute atomic E-state index is 0.304. The lowest BCUT2D eigenvalue weighted by molar-refractivity contribution is 0.310. The molecule has 0 N–H and O–H groups in total. The average Bonchev–Trinajstić information content (AvgIpc) is 2.11. The lowest BCUT2D eigenvalue weighted by Gasteiger charge is -2.16. The molecule has 3 nitrogen and oxygen atoms in total. The van der Waals surface area contributed by atoms with Crippen LogP contribution in [0.4, 0.5) is 0 Å². The Kier molecular flexibility index (Phi) is 7.91. The molecule has 0 aliphatic rings. The smallest absolute Gasteiger partial charge is 0.0992 e. The zero-order valence-electron chi connectivity index (χ0n) is 7.99. The molecule has 0 heterocycles. The van der Waals surface area contributed by atoms with E-state index in [1.54, 1.807) is 0 Å².